The predicted molar refractivity (Wildman–Crippen MR) is 118 cm³/mol. The molecule has 2 aromatic carbocycles. The SMILES string of the molecule is COc1cc2c(cc1OC)[C@@H](c1cccs1)N(C(=O)c1cc(Cl)c3c(c1)OCO3)CC2. The van der Waals surface area contributed by atoms with Crippen LogP contribution in [-0.2, 0) is 6.42 Å². The zero-order valence-corrected chi connectivity index (χ0v) is 18.6. The van der Waals surface area contributed by atoms with Crippen molar-refractivity contribution in [1.82, 2.24) is 4.90 Å². The number of methoxy groups -OCH3 is 2. The number of ether oxygens (including phenoxy) is 4. The Morgan fingerprint density at radius 3 is 2.71 bits per heavy atom. The molecule has 0 saturated carbocycles. The Balaban J connectivity index is 1.60. The van der Waals surface area contributed by atoms with Crippen LogP contribution in [0.4, 0.5) is 0 Å². The van der Waals surface area contributed by atoms with E-state index in [-0.39, 0.29) is 18.7 Å². The van der Waals surface area contributed by atoms with Crippen LogP contribution in [0.5, 0.6) is 23.0 Å². The monoisotopic (exact) mass is 457 g/mol. The lowest BCUT2D eigenvalue weighted by atomic mass is 9.90. The molecular formula is C23H20ClNO5S. The van der Waals surface area contributed by atoms with Gasteiger partial charge in [-0.05, 0) is 53.3 Å². The number of carbonyl (C=O) groups is 1. The van der Waals surface area contributed by atoms with Crippen molar-refractivity contribution in [3.05, 3.63) is 68.4 Å². The van der Waals surface area contributed by atoms with Crippen LogP contribution < -0.4 is 18.9 Å². The van der Waals surface area contributed by atoms with Crippen molar-refractivity contribution in [3.8, 4) is 23.0 Å². The molecule has 3 heterocycles. The van der Waals surface area contributed by atoms with Gasteiger partial charge in [0.2, 0.25) is 6.79 Å². The lowest BCUT2D eigenvalue weighted by Crippen LogP contribution is -2.40. The quantitative estimate of drug-likeness (QED) is 0.555. The van der Waals surface area contributed by atoms with Gasteiger partial charge in [-0.2, -0.15) is 0 Å². The molecule has 0 saturated heterocycles. The van der Waals surface area contributed by atoms with Gasteiger partial charge in [-0.1, -0.05) is 17.7 Å². The molecule has 0 fully saturated rings. The molecule has 2 aliphatic heterocycles. The fraction of sp³-hybridized carbons (Fsp3) is 0.261. The molecule has 160 valence electrons. The molecule has 0 bridgehead atoms. The highest BCUT2D eigenvalue weighted by molar-refractivity contribution is 7.10. The van der Waals surface area contributed by atoms with E-state index < -0.39 is 0 Å². The van der Waals surface area contributed by atoms with Crippen LogP contribution in [0.25, 0.3) is 0 Å². The van der Waals surface area contributed by atoms with Crippen molar-refractivity contribution in [2.45, 2.75) is 12.5 Å². The Labute approximate surface area is 188 Å². The van der Waals surface area contributed by atoms with E-state index in [4.69, 9.17) is 30.5 Å². The molecule has 2 aliphatic rings. The van der Waals surface area contributed by atoms with Gasteiger partial charge in [0.25, 0.3) is 5.91 Å². The lowest BCUT2D eigenvalue weighted by molar-refractivity contribution is 0.0696. The number of thiophene rings is 1. The maximum atomic E-state index is 13.7. The molecule has 3 aromatic rings. The fourth-order valence-corrected chi connectivity index (χ4v) is 5.29. The Kier molecular flexibility index (Phi) is 5.16. The van der Waals surface area contributed by atoms with Crippen LogP contribution in [0.3, 0.4) is 0 Å². The summed E-state index contributed by atoms with van der Waals surface area (Å²) in [5, 5.41) is 2.39. The number of fused-ring (bicyclic) bond motifs is 2. The normalized spacial score (nSPS) is 16.7. The minimum atomic E-state index is -0.236. The largest absolute Gasteiger partial charge is 0.493 e. The summed E-state index contributed by atoms with van der Waals surface area (Å²) < 4.78 is 21.9. The molecule has 6 nitrogen and oxygen atoms in total. The summed E-state index contributed by atoms with van der Waals surface area (Å²) in [6.07, 6.45) is 0.710. The van der Waals surface area contributed by atoms with E-state index >= 15 is 0 Å². The average Bonchev–Trinajstić information content (AvgIpc) is 3.49. The standard InChI is InChI=1S/C23H20ClNO5S/c1-27-17-9-13-5-6-25(21(20-4-3-7-31-20)15(13)11-18(17)28-2)23(26)14-8-16(24)22-19(10-14)29-12-30-22/h3-4,7-11,21H,5-6,12H2,1-2H3/t21-/m0/s1. The maximum absolute atomic E-state index is 13.7. The second-order valence-electron chi connectivity index (χ2n) is 7.26. The van der Waals surface area contributed by atoms with Gasteiger partial charge in [-0.3, -0.25) is 4.79 Å². The van der Waals surface area contributed by atoms with Crippen molar-refractivity contribution in [2.75, 3.05) is 27.6 Å². The average molecular weight is 458 g/mol. The fourth-order valence-electron chi connectivity index (χ4n) is 4.17. The molecule has 8 heteroatoms. The maximum Gasteiger partial charge on any atom is 0.254 e. The number of hydrogen-bond donors (Lipinski definition) is 0. The van der Waals surface area contributed by atoms with E-state index in [9.17, 15) is 4.79 Å². The first kappa shape index (κ1) is 20.0. The second kappa shape index (κ2) is 7.98. The van der Waals surface area contributed by atoms with Gasteiger partial charge in [0.1, 0.15) is 0 Å². The van der Waals surface area contributed by atoms with Crippen LogP contribution in [0.15, 0.2) is 41.8 Å². The smallest absolute Gasteiger partial charge is 0.254 e. The highest BCUT2D eigenvalue weighted by Gasteiger charge is 2.35. The summed E-state index contributed by atoms with van der Waals surface area (Å²) in [5.74, 6) is 2.19. The number of halogens is 1. The van der Waals surface area contributed by atoms with Gasteiger partial charge >= 0.3 is 0 Å². The Hall–Kier alpha value is -2.90. The van der Waals surface area contributed by atoms with E-state index in [1.807, 2.05) is 34.5 Å². The molecule has 1 amide bonds. The molecule has 1 aromatic heterocycles. The first-order valence-electron chi connectivity index (χ1n) is 9.79. The predicted octanol–water partition coefficient (Wildman–Crippen LogP) is 4.94. The van der Waals surface area contributed by atoms with Crippen molar-refractivity contribution in [2.24, 2.45) is 0 Å². The molecule has 31 heavy (non-hydrogen) atoms. The molecule has 0 spiro atoms. The molecule has 1 atom stereocenters. The first-order valence-corrected chi connectivity index (χ1v) is 11.0. The Morgan fingerprint density at radius 2 is 1.97 bits per heavy atom. The number of amides is 1. The van der Waals surface area contributed by atoms with E-state index in [2.05, 4.69) is 0 Å². The van der Waals surface area contributed by atoms with Gasteiger partial charge in [-0.15, -0.1) is 11.3 Å². The minimum absolute atomic E-state index is 0.100. The third-order valence-corrected chi connectivity index (χ3v) is 6.83. The summed E-state index contributed by atoms with van der Waals surface area (Å²) in [4.78, 5) is 16.6. The van der Waals surface area contributed by atoms with E-state index in [1.165, 1.54) is 0 Å². The van der Waals surface area contributed by atoms with Crippen LogP contribution in [-0.4, -0.2) is 38.4 Å². The summed E-state index contributed by atoms with van der Waals surface area (Å²) >= 11 is 7.96. The molecule has 0 radical (unpaired) electrons. The highest BCUT2D eigenvalue weighted by Crippen LogP contribution is 2.44. The third-order valence-electron chi connectivity index (χ3n) is 5.62. The van der Waals surface area contributed by atoms with Gasteiger partial charge < -0.3 is 23.8 Å². The van der Waals surface area contributed by atoms with Gasteiger partial charge in [-0.25, -0.2) is 0 Å². The number of benzene rings is 2. The van der Waals surface area contributed by atoms with Crippen LogP contribution in [0, 0.1) is 0 Å². The van der Waals surface area contributed by atoms with Crippen LogP contribution in [0.1, 0.15) is 32.4 Å². The molecular weight excluding hydrogens is 438 g/mol. The number of rotatable bonds is 4. The van der Waals surface area contributed by atoms with Crippen molar-refractivity contribution in [3.63, 3.8) is 0 Å². The lowest BCUT2D eigenvalue weighted by Gasteiger charge is -2.37. The summed E-state index contributed by atoms with van der Waals surface area (Å²) in [5.41, 5.74) is 2.65. The summed E-state index contributed by atoms with van der Waals surface area (Å²) in [7, 11) is 3.24. The first-order chi connectivity index (χ1) is 15.1. The van der Waals surface area contributed by atoms with E-state index in [0.717, 1.165) is 16.0 Å². The van der Waals surface area contributed by atoms with Crippen molar-refractivity contribution >= 4 is 28.8 Å². The Bertz CT molecular complexity index is 1150. The van der Waals surface area contributed by atoms with E-state index in [0.29, 0.717) is 46.5 Å². The number of nitrogens with zero attached hydrogens (tertiary/aromatic N) is 1. The third kappa shape index (κ3) is 3.38. The number of hydrogen-bond acceptors (Lipinski definition) is 6. The summed E-state index contributed by atoms with van der Waals surface area (Å²) in [6, 6.07) is 11.1. The van der Waals surface area contributed by atoms with Crippen LogP contribution >= 0.6 is 22.9 Å². The minimum Gasteiger partial charge on any atom is -0.493 e. The topological polar surface area (TPSA) is 57.2 Å². The highest BCUT2D eigenvalue weighted by atomic mass is 35.5. The Morgan fingerprint density at radius 1 is 1.16 bits per heavy atom. The zero-order chi connectivity index (χ0) is 21.5. The van der Waals surface area contributed by atoms with Gasteiger partial charge in [0.15, 0.2) is 23.0 Å². The van der Waals surface area contributed by atoms with Gasteiger partial charge in [0, 0.05) is 17.0 Å². The molecule has 5 rings (SSSR count). The van der Waals surface area contributed by atoms with E-state index in [1.54, 1.807) is 37.7 Å². The second-order valence-corrected chi connectivity index (χ2v) is 8.65. The molecule has 0 N–H and O–H groups in total. The van der Waals surface area contributed by atoms with Crippen molar-refractivity contribution in [1.29, 1.82) is 0 Å². The van der Waals surface area contributed by atoms with Gasteiger partial charge in [0.05, 0.1) is 25.3 Å². The number of carbonyl (C=O) groups excluding carboxylic acids is 1. The zero-order valence-electron chi connectivity index (χ0n) is 17.0. The van der Waals surface area contributed by atoms with Crippen molar-refractivity contribution < 1.29 is 23.7 Å². The molecule has 0 aliphatic carbocycles. The molecule has 0 unspecified atom stereocenters. The summed E-state index contributed by atoms with van der Waals surface area (Å²) in [6.45, 7) is 0.666. The van der Waals surface area contributed by atoms with Crippen LogP contribution in [0.2, 0.25) is 5.02 Å².